The fourth-order valence-electron chi connectivity index (χ4n) is 2.78. The maximum absolute atomic E-state index is 12.4. The third kappa shape index (κ3) is 5.56. The SMILES string of the molecule is CCCNc1nc(SCCC)nc2c1cnn2CCNC(=O)c1cc(Cl)ccc1Cl. The van der Waals surface area contributed by atoms with Crippen LogP contribution in [0.4, 0.5) is 5.82 Å². The third-order valence-corrected chi connectivity index (χ3v) is 5.85. The molecule has 0 radical (unpaired) electrons. The Morgan fingerprint density at radius 1 is 1.17 bits per heavy atom. The first-order valence-electron chi connectivity index (χ1n) is 9.87. The van der Waals surface area contributed by atoms with Crippen LogP contribution in [0.25, 0.3) is 11.0 Å². The van der Waals surface area contributed by atoms with Gasteiger partial charge in [-0.25, -0.2) is 14.6 Å². The van der Waals surface area contributed by atoms with Crippen molar-refractivity contribution in [2.75, 3.05) is 24.2 Å². The van der Waals surface area contributed by atoms with Crippen LogP contribution in [0, 0.1) is 0 Å². The molecular formula is C20H24Cl2N6OS. The lowest BCUT2D eigenvalue weighted by Crippen LogP contribution is -2.27. The molecule has 30 heavy (non-hydrogen) atoms. The summed E-state index contributed by atoms with van der Waals surface area (Å²) in [5.41, 5.74) is 1.10. The Bertz CT molecular complexity index is 1030. The van der Waals surface area contributed by atoms with E-state index in [0.29, 0.717) is 28.7 Å². The van der Waals surface area contributed by atoms with E-state index in [1.54, 1.807) is 40.8 Å². The van der Waals surface area contributed by atoms with Crippen LogP contribution in [0.3, 0.4) is 0 Å². The summed E-state index contributed by atoms with van der Waals surface area (Å²) in [4.78, 5) is 21.8. The van der Waals surface area contributed by atoms with Crippen LogP contribution >= 0.6 is 35.0 Å². The molecule has 0 fully saturated rings. The second kappa shape index (κ2) is 10.8. The molecule has 3 rings (SSSR count). The number of hydrogen-bond donors (Lipinski definition) is 2. The zero-order chi connectivity index (χ0) is 21.5. The lowest BCUT2D eigenvalue weighted by atomic mass is 10.2. The Hall–Kier alpha value is -2.03. The molecule has 0 aliphatic rings. The van der Waals surface area contributed by atoms with Gasteiger partial charge in [0.2, 0.25) is 0 Å². The number of amides is 1. The Labute approximate surface area is 189 Å². The van der Waals surface area contributed by atoms with Gasteiger partial charge < -0.3 is 10.6 Å². The molecule has 0 aliphatic heterocycles. The summed E-state index contributed by atoms with van der Waals surface area (Å²) in [6.07, 6.45) is 3.80. The summed E-state index contributed by atoms with van der Waals surface area (Å²) in [5, 5.41) is 13.1. The number of nitrogens with zero attached hydrogens (tertiary/aromatic N) is 4. The highest BCUT2D eigenvalue weighted by atomic mass is 35.5. The number of anilines is 1. The summed E-state index contributed by atoms with van der Waals surface area (Å²) in [7, 11) is 0. The topological polar surface area (TPSA) is 84.7 Å². The van der Waals surface area contributed by atoms with E-state index in [1.165, 1.54) is 0 Å². The Morgan fingerprint density at radius 3 is 2.77 bits per heavy atom. The van der Waals surface area contributed by atoms with Crippen LogP contribution in [0.5, 0.6) is 0 Å². The van der Waals surface area contributed by atoms with E-state index in [4.69, 9.17) is 23.2 Å². The molecule has 7 nitrogen and oxygen atoms in total. The molecule has 2 aromatic heterocycles. The summed E-state index contributed by atoms with van der Waals surface area (Å²) in [6.45, 7) is 5.90. The van der Waals surface area contributed by atoms with Gasteiger partial charge in [-0.2, -0.15) is 5.10 Å². The average molecular weight is 467 g/mol. The number of carbonyl (C=O) groups is 1. The van der Waals surface area contributed by atoms with Crippen LogP contribution in [-0.4, -0.2) is 44.5 Å². The molecule has 10 heteroatoms. The zero-order valence-corrected chi connectivity index (χ0v) is 19.2. The van der Waals surface area contributed by atoms with Crippen molar-refractivity contribution in [3.8, 4) is 0 Å². The molecule has 160 valence electrons. The molecular weight excluding hydrogens is 443 g/mol. The predicted octanol–water partition coefficient (Wildman–Crippen LogP) is 4.89. The highest BCUT2D eigenvalue weighted by Crippen LogP contribution is 2.25. The van der Waals surface area contributed by atoms with E-state index >= 15 is 0 Å². The van der Waals surface area contributed by atoms with Crippen molar-refractivity contribution in [1.29, 1.82) is 0 Å². The molecule has 0 aliphatic carbocycles. The minimum Gasteiger partial charge on any atom is -0.369 e. The number of aromatic nitrogens is 4. The third-order valence-electron chi connectivity index (χ3n) is 4.24. The molecule has 0 saturated heterocycles. The van der Waals surface area contributed by atoms with Gasteiger partial charge >= 0.3 is 0 Å². The average Bonchev–Trinajstić information content (AvgIpc) is 3.15. The molecule has 2 heterocycles. The predicted molar refractivity (Wildman–Crippen MR) is 124 cm³/mol. The van der Waals surface area contributed by atoms with Crippen LogP contribution in [0.1, 0.15) is 37.0 Å². The number of halogens is 2. The van der Waals surface area contributed by atoms with Crippen molar-refractivity contribution in [3.05, 3.63) is 40.0 Å². The maximum Gasteiger partial charge on any atom is 0.252 e. The lowest BCUT2D eigenvalue weighted by molar-refractivity contribution is 0.0952. The van der Waals surface area contributed by atoms with E-state index < -0.39 is 0 Å². The first-order valence-corrected chi connectivity index (χ1v) is 11.6. The zero-order valence-electron chi connectivity index (χ0n) is 16.9. The summed E-state index contributed by atoms with van der Waals surface area (Å²) in [6, 6.07) is 4.81. The van der Waals surface area contributed by atoms with Crippen LogP contribution < -0.4 is 10.6 Å². The highest BCUT2D eigenvalue weighted by molar-refractivity contribution is 7.99. The van der Waals surface area contributed by atoms with Crippen molar-refractivity contribution in [2.24, 2.45) is 0 Å². The van der Waals surface area contributed by atoms with Gasteiger partial charge in [0.05, 0.1) is 28.7 Å². The maximum atomic E-state index is 12.4. The van der Waals surface area contributed by atoms with E-state index in [0.717, 1.165) is 47.1 Å². The molecule has 0 unspecified atom stereocenters. The van der Waals surface area contributed by atoms with Crippen molar-refractivity contribution < 1.29 is 4.79 Å². The van der Waals surface area contributed by atoms with Gasteiger partial charge in [0, 0.05) is 23.9 Å². The minimum absolute atomic E-state index is 0.280. The van der Waals surface area contributed by atoms with Crippen molar-refractivity contribution in [3.63, 3.8) is 0 Å². The second-order valence-corrected chi connectivity index (χ2v) is 8.52. The molecule has 0 bridgehead atoms. The summed E-state index contributed by atoms with van der Waals surface area (Å²) in [5.74, 6) is 1.46. The number of thioether (sulfide) groups is 1. The van der Waals surface area contributed by atoms with Gasteiger partial charge in [0.1, 0.15) is 5.82 Å². The van der Waals surface area contributed by atoms with Gasteiger partial charge in [-0.3, -0.25) is 4.79 Å². The lowest BCUT2D eigenvalue weighted by Gasteiger charge is -2.10. The number of benzene rings is 1. The largest absolute Gasteiger partial charge is 0.369 e. The Kier molecular flexibility index (Phi) is 8.18. The monoisotopic (exact) mass is 466 g/mol. The van der Waals surface area contributed by atoms with Gasteiger partial charge in [0.15, 0.2) is 10.8 Å². The Balaban J connectivity index is 1.75. The van der Waals surface area contributed by atoms with Crippen molar-refractivity contribution in [1.82, 2.24) is 25.1 Å². The second-order valence-electron chi connectivity index (χ2n) is 6.62. The first kappa shape index (κ1) is 22.7. The van der Waals surface area contributed by atoms with Gasteiger partial charge in [-0.15, -0.1) is 0 Å². The molecule has 0 saturated carbocycles. The molecule has 0 atom stereocenters. The van der Waals surface area contributed by atoms with Crippen molar-refractivity contribution >= 4 is 57.7 Å². The van der Waals surface area contributed by atoms with Gasteiger partial charge in [-0.1, -0.05) is 48.8 Å². The smallest absolute Gasteiger partial charge is 0.252 e. The molecule has 3 aromatic rings. The van der Waals surface area contributed by atoms with Gasteiger partial charge in [-0.05, 0) is 31.0 Å². The van der Waals surface area contributed by atoms with E-state index in [9.17, 15) is 4.79 Å². The van der Waals surface area contributed by atoms with Gasteiger partial charge in [0.25, 0.3) is 5.91 Å². The summed E-state index contributed by atoms with van der Waals surface area (Å²) < 4.78 is 1.78. The Morgan fingerprint density at radius 2 is 2.00 bits per heavy atom. The normalized spacial score (nSPS) is 11.1. The van der Waals surface area contributed by atoms with Crippen LogP contribution in [-0.2, 0) is 6.54 Å². The first-order chi connectivity index (χ1) is 14.5. The molecule has 2 N–H and O–H groups in total. The van der Waals surface area contributed by atoms with Crippen LogP contribution in [0.2, 0.25) is 10.0 Å². The number of carbonyl (C=O) groups excluding carboxylic acids is 1. The fraction of sp³-hybridized carbons (Fsp3) is 0.400. The number of nitrogens with one attached hydrogen (secondary N) is 2. The molecule has 1 aromatic carbocycles. The fourth-order valence-corrected chi connectivity index (χ4v) is 3.85. The number of fused-ring (bicyclic) bond motifs is 1. The number of rotatable bonds is 10. The van der Waals surface area contributed by atoms with E-state index in [2.05, 4.69) is 39.5 Å². The molecule has 0 spiro atoms. The minimum atomic E-state index is -0.280. The summed E-state index contributed by atoms with van der Waals surface area (Å²) >= 11 is 13.7. The quantitative estimate of drug-likeness (QED) is 0.326. The van der Waals surface area contributed by atoms with E-state index in [-0.39, 0.29) is 5.91 Å². The molecule has 1 amide bonds. The number of hydrogen-bond acceptors (Lipinski definition) is 6. The highest BCUT2D eigenvalue weighted by Gasteiger charge is 2.14. The van der Waals surface area contributed by atoms with Crippen LogP contribution in [0.15, 0.2) is 29.6 Å². The van der Waals surface area contributed by atoms with Crippen molar-refractivity contribution in [2.45, 2.75) is 38.4 Å². The van der Waals surface area contributed by atoms with E-state index in [1.807, 2.05) is 0 Å². The standard InChI is InChI=1S/C20H24Cl2N6OS/c1-3-7-23-17-15-12-25-28(18(15)27-20(26-17)30-10-4-2)9-8-24-19(29)14-11-13(21)5-6-16(14)22/h5-6,11-12H,3-4,7-10H2,1-2H3,(H,24,29)(H,23,26,27).